The molecule has 2 fully saturated rings. The zero-order valence-electron chi connectivity index (χ0n) is 11.7. The lowest BCUT2D eigenvalue weighted by atomic mass is 9.96. The SMILES string of the molecule is N#Cc1c(N2CCOCC2)nn(C2CCCCC2)c1N. The first-order valence-electron chi connectivity index (χ1n) is 7.42. The minimum Gasteiger partial charge on any atom is -0.383 e. The molecule has 1 aliphatic carbocycles. The summed E-state index contributed by atoms with van der Waals surface area (Å²) in [5.74, 6) is 1.26. The third-order valence-electron chi connectivity index (χ3n) is 4.27. The number of ether oxygens (including phenoxy) is 1. The van der Waals surface area contributed by atoms with Gasteiger partial charge in [-0.25, -0.2) is 4.68 Å². The fraction of sp³-hybridized carbons (Fsp3) is 0.714. The van der Waals surface area contributed by atoms with Gasteiger partial charge in [0.05, 0.1) is 19.3 Å². The van der Waals surface area contributed by atoms with Crippen LogP contribution >= 0.6 is 0 Å². The van der Waals surface area contributed by atoms with Gasteiger partial charge in [0.25, 0.3) is 0 Å². The molecule has 0 radical (unpaired) electrons. The van der Waals surface area contributed by atoms with E-state index in [1.165, 1.54) is 19.3 Å². The van der Waals surface area contributed by atoms with Crippen LogP contribution in [0, 0.1) is 11.3 Å². The Hall–Kier alpha value is -1.74. The van der Waals surface area contributed by atoms with E-state index in [4.69, 9.17) is 10.5 Å². The van der Waals surface area contributed by atoms with Gasteiger partial charge in [0.2, 0.25) is 0 Å². The number of nitriles is 1. The number of anilines is 2. The Morgan fingerprint density at radius 3 is 2.55 bits per heavy atom. The Morgan fingerprint density at radius 1 is 1.20 bits per heavy atom. The zero-order valence-corrected chi connectivity index (χ0v) is 11.7. The number of rotatable bonds is 2. The Morgan fingerprint density at radius 2 is 1.90 bits per heavy atom. The van der Waals surface area contributed by atoms with E-state index in [9.17, 15) is 5.26 Å². The number of morpholine rings is 1. The third kappa shape index (κ3) is 2.34. The maximum atomic E-state index is 9.40. The summed E-state index contributed by atoms with van der Waals surface area (Å²) in [7, 11) is 0. The van der Waals surface area contributed by atoms with Crippen molar-refractivity contribution in [3.8, 4) is 6.07 Å². The molecule has 1 aliphatic heterocycles. The number of nitrogens with zero attached hydrogens (tertiary/aromatic N) is 4. The topological polar surface area (TPSA) is 80.1 Å². The highest BCUT2D eigenvalue weighted by Crippen LogP contribution is 2.34. The standard InChI is InChI=1S/C14H21N5O/c15-10-12-13(16)19(11-4-2-1-3-5-11)17-14(12)18-6-8-20-9-7-18/h11H,1-9,16H2. The van der Waals surface area contributed by atoms with Gasteiger partial charge < -0.3 is 15.4 Å². The molecular formula is C14H21N5O. The quantitative estimate of drug-likeness (QED) is 0.888. The van der Waals surface area contributed by atoms with E-state index in [-0.39, 0.29) is 0 Å². The van der Waals surface area contributed by atoms with Crippen LogP contribution in [0.4, 0.5) is 11.6 Å². The van der Waals surface area contributed by atoms with E-state index in [1.807, 2.05) is 4.68 Å². The summed E-state index contributed by atoms with van der Waals surface area (Å²) in [6, 6.07) is 2.58. The summed E-state index contributed by atoms with van der Waals surface area (Å²) < 4.78 is 7.25. The Bertz CT molecular complexity index is 506. The second-order valence-corrected chi connectivity index (χ2v) is 5.53. The molecule has 6 heteroatoms. The molecule has 6 nitrogen and oxygen atoms in total. The van der Waals surface area contributed by atoms with Crippen LogP contribution in [-0.4, -0.2) is 36.1 Å². The number of hydrogen-bond donors (Lipinski definition) is 1. The van der Waals surface area contributed by atoms with Crippen molar-refractivity contribution in [1.82, 2.24) is 9.78 Å². The second kappa shape index (κ2) is 5.71. The van der Waals surface area contributed by atoms with E-state index in [2.05, 4.69) is 16.1 Å². The molecule has 2 aliphatic rings. The maximum absolute atomic E-state index is 9.40. The van der Waals surface area contributed by atoms with Gasteiger partial charge in [-0.15, -0.1) is 0 Å². The molecule has 1 aromatic rings. The van der Waals surface area contributed by atoms with Crippen LogP contribution in [0.25, 0.3) is 0 Å². The Kier molecular flexibility index (Phi) is 3.79. The van der Waals surface area contributed by atoms with Crippen molar-refractivity contribution < 1.29 is 4.74 Å². The van der Waals surface area contributed by atoms with Crippen LogP contribution in [-0.2, 0) is 4.74 Å². The average molecular weight is 275 g/mol. The Labute approximate surface area is 119 Å². The van der Waals surface area contributed by atoms with Crippen molar-refractivity contribution in [2.24, 2.45) is 0 Å². The lowest BCUT2D eigenvalue weighted by Gasteiger charge is -2.27. The van der Waals surface area contributed by atoms with Crippen LogP contribution in [0.1, 0.15) is 43.7 Å². The number of nitrogens with two attached hydrogens (primary N) is 1. The predicted molar refractivity (Wildman–Crippen MR) is 76.5 cm³/mol. The normalized spacial score (nSPS) is 20.9. The lowest BCUT2D eigenvalue weighted by Crippen LogP contribution is -2.37. The molecule has 2 heterocycles. The monoisotopic (exact) mass is 275 g/mol. The van der Waals surface area contributed by atoms with E-state index in [0.717, 1.165) is 31.7 Å². The molecule has 1 saturated heterocycles. The molecule has 0 amide bonds. The van der Waals surface area contributed by atoms with Gasteiger partial charge in [0.15, 0.2) is 5.82 Å². The number of aromatic nitrogens is 2. The van der Waals surface area contributed by atoms with Gasteiger partial charge in [-0.3, -0.25) is 0 Å². The smallest absolute Gasteiger partial charge is 0.171 e. The van der Waals surface area contributed by atoms with Crippen molar-refractivity contribution in [2.75, 3.05) is 36.9 Å². The van der Waals surface area contributed by atoms with Crippen molar-refractivity contribution >= 4 is 11.6 Å². The summed E-state index contributed by atoms with van der Waals surface area (Å²) in [4.78, 5) is 2.11. The average Bonchev–Trinajstić information content (AvgIpc) is 2.86. The van der Waals surface area contributed by atoms with Crippen LogP contribution in [0.3, 0.4) is 0 Å². The van der Waals surface area contributed by atoms with Crippen LogP contribution in [0.5, 0.6) is 0 Å². The molecule has 2 N–H and O–H groups in total. The fourth-order valence-corrected chi connectivity index (χ4v) is 3.14. The molecule has 1 aromatic heterocycles. The van der Waals surface area contributed by atoms with Gasteiger partial charge >= 0.3 is 0 Å². The van der Waals surface area contributed by atoms with E-state index in [1.54, 1.807) is 0 Å². The van der Waals surface area contributed by atoms with Crippen molar-refractivity contribution in [2.45, 2.75) is 38.1 Å². The first-order valence-corrected chi connectivity index (χ1v) is 7.42. The van der Waals surface area contributed by atoms with Gasteiger partial charge in [0.1, 0.15) is 17.5 Å². The summed E-state index contributed by atoms with van der Waals surface area (Å²) >= 11 is 0. The highest BCUT2D eigenvalue weighted by Gasteiger charge is 2.26. The fourth-order valence-electron chi connectivity index (χ4n) is 3.14. The first-order chi connectivity index (χ1) is 9.81. The minimum atomic E-state index is 0.352. The number of nitrogen functional groups attached to an aromatic ring is 1. The third-order valence-corrected chi connectivity index (χ3v) is 4.27. The molecular weight excluding hydrogens is 254 g/mol. The molecule has 0 bridgehead atoms. The van der Waals surface area contributed by atoms with Gasteiger partial charge in [0, 0.05) is 13.1 Å². The van der Waals surface area contributed by atoms with E-state index < -0.39 is 0 Å². The minimum absolute atomic E-state index is 0.352. The van der Waals surface area contributed by atoms with Gasteiger partial charge in [-0.1, -0.05) is 19.3 Å². The zero-order chi connectivity index (χ0) is 13.9. The largest absolute Gasteiger partial charge is 0.383 e. The number of hydrogen-bond acceptors (Lipinski definition) is 5. The predicted octanol–water partition coefficient (Wildman–Crippen LogP) is 1.68. The van der Waals surface area contributed by atoms with E-state index >= 15 is 0 Å². The summed E-state index contributed by atoms with van der Waals surface area (Å²) in [5, 5.41) is 14.1. The summed E-state index contributed by atoms with van der Waals surface area (Å²) in [5.41, 5.74) is 6.70. The molecule has 0 aromatic carbocycles. The molecule has 20 heavy (non-hydrogen) atoms. The highest BCUT2D eigenvalue weighted by atomic mass is 16.5. The highest BCUT2D eigenvalue weighted by molar-refractivity contribution is 5.65. The van der Waals surface area contributed by atoms with Crippen molar-refractivity contribution in [3.63, 3.8) is 0 Å². The summed E-state index contributed by atoms with van der Waals surface area (Å²) in [6.07, 6.45) is 5.95. The molecule has 108 valence electrons. The molecule has 0 spiro atoms. The maximum Gasteiger partial charge on any atom is 0.171 e. The lowest BCUT2D eigenvalue weighted by molar-refractivity contribution is 0.122. The van der Waals surface area contributed by atoms with Crippen molar-refractivity contribution in [1.29, 1.82) is 5.26 Å². The molecule has 1 saturated carbocycles. The molecule has 0 atom stereocenters. The second-order valence-electron chi connectivity index (χ2n) is 5.53. The Balaban J connectivity index is 1.91. The first kappa shape index (κ1) is 13.3. The van der Waals surface area contributed by atoms with E-state index in [0.29, 0.717) is 30.6 Å². The van der Waals surface area contributed by atoms with Crippen LogP contribution in [0.15, 0.2) is 0 Å². The van der Waals surface area contributed by atoms with Crippen LogP contribution in [0.2, 0.25) is 0 Å². The van der Waals surface area contributed by atoms with Gasteiger partial charge in [-0.2, -0.15) is 10.4 Å². The molecule has 3 rings (SSSR count). The van der Waals surface area contributed by atoms with Crippen LogP contribution < -0.4 is 10.6 Å². The van der Waals surface area contributed by atoms with Gasteiger partial charge in [-0.05, 0) is 12.8 Å². The van der Waals surface area contributed by atoms with Crippen molar-refractivity contribution in [3.05, 3.63) is 5.56 Å². The summed E-state index contributed by atoms with van der Waals surface area (Å²) in [6.45, 7) is 2.91. The molecule has 0 unspecified atom stereocenters.